The van der Waals surface area contributed by atoms with Gasteiger partial charge in [-0.3, -0.25) is 0 Å². The van der Waals surface area contributed by atoms with E-state index < -0.39 is 5.72 Å². The standard InChI is InChI=1S/C25H30N2O2S/c1-6-11-30-23-26-24(4,5)15-25(27-23)14-20(19-10-8-7-9-16(19)2)22-17(3)12-18(28)13-21(22)29-25/h6-10,12-13,20,28H,1,11,14-15H2,2-5H3,(H,26,27). The number of benzene rings is 2. The van der Waals surface area contributed by atoms with Gasteiger partial charge in [0, 0.05) is 41.7 Å². The molecule has 2 atom stereocenters. The first-order valence-electron chi connectivity index (χ1n) is 10.4. The van der Waals surface area contributed by atoms with Gasteiger partial charge in [-0.2, -0.15) is 0 Å². The summed E-state index contributed by atoms with van der Waals surface area (Å²) in [6, 6.07) is 12.1. The number of amidine groups is 1. The Bertz CT molecular complexity index is 1010. The number of hydrogen-bond acceptors (Lipinski definition) is 5. The third kappa shape index (κ3) is 3.95. The summed E-state index contributed by atoms with van der Waals surface area (Å²) >= 11 is 1.65. The number of aromatic hydroxyl groups is 1. The number of aliphatic imine (C=N–C) groups is 1. The van der Waals surface area contributed by atoms with Crippen LogP contribution in [-0.4, -0.2) is 27.3 Å². The maximum absolute atomic E-state index is 10.3. The molecule has 0 saturated carbocycles. The Morgan fingerprint density at radius 3 is 2.77 bits per heavy atom. The third-order valence-electron chi connectivity index (χ3n) is 5.88. The number of nitrogens with zero attached hydrogens (tertiary/aromatic N) is 1. The maximum Gasteiger partial charge on any atom is 0.206 e. The van der Waals surface area contributed by atoms with Gasteiger partial charge in [0.25, 0.3) is 0 Å². The summed E-state index contributed by atoms with van der Waals surface area (Å²) in [6.07, 6.45) is 3.39. The van der Waals surface area contributed by atoms with Crippen LogP contribution in [0.15, 0.2) is 54.0 Å². The quantitative estimate of drug-likeness (QED) is 0.626. The number of phenols is 1. The summed E-state index contributed by atoms with van der Waals surface area (Å²) < 4.78 is 6.63. The van der Waals surface area contributed by atoms with Crippen molar-refractivity contribution in [2.24, 2.45) is 4.99 Å². The lowest BCUT2D eigenvalue weighted by molar-refractivity contribution is 0.0131. The van der Waals surface area contributed by atoms with E-state index in [2.05, 4.69) is 56.9 Å². The molecule has 2 aromatic carbocycles. The fourth-order valence-corrected chi connectivity index (χ4v) is 5.70. The molecule has 1 spiro atoms. The number of hydrogen-bond donors (Lipinski definition) is 2. The maximum atomic E-state index is 10.3. The zero-order chi connectivity index (χ0) is 21.5. The van der Waals surface area contributed by atoms with Crippen LogP contribution >= 0.6 is 11.8 Å². The molecule has 4 rings (SSSR count). The fourth-order valence-electron chi connectivity index (χ4n) is 4.85. The number of nitrogens with one attached hydrogen (secondary N) is 1. The first-order valence-corrected chi connectivity index (χ1v) is 11.4. The number of phenolic OH excluding ortho intramolecular Hbond substituents is 1. The minimum absolute atomic E-state index is 0.152. The van der Waals surface area contributed by atoms with Crippen molar-refractivity contribution in [2.75, 3.05) is 5.75 Å². The molecule has 2 unspecified atom stereocenters. The van der Waals surface area contributed by atoms with Crippen LogP contribution in [0, 0.1) is 13.8 Å². The smallest absolute Gasteiger partial charge is 0.206 e. The Balaban J connectivity index is 1.87. The predicted molar refractivity (Wildman–Crippen MR) is 126 cm³/mol. The zero-order valence-electron chi connectivity index (χ0n) is 18.2. The fraction of sp³-hybridized carbons (Fsp3) is 0.400. The highest BCUT2D eigenvalue weighted by Gasteiger charge is 2.48. The molecular formula is C25H30N2O2S. The summed E-state index contributed by atoms with van der Waals surface area (Å²) in [5.41, 5.74) is 3.91. The zero-order valence-corrected chi connectivity index (χ0v) is 19.0. The van der Waals surface area contributed by atoms with E-state index in [0.29, 0.717) is 0 Å². The second-order valence-electron chi connectivity index (χ2n) is 9.04. The van der Waals surface area contributed by atoms with Crippen molar-refractivity contribution in [1.82, 2.24) is 5.32 Å². The highest BCUT2D eigenvalue weighted by atomic mass is 32.2. The molecule has 0 amide bonds. The Hall–Kier alpha value is -2.40. The number of fused-ring (bicyclic) bond motifs is 1. The Morgan fingerprint density at radius 2 is 2.03 bits per heavy atom. The largest absolute Gasteiger partial charge is 0.508 e. The van der Waals surface area contributed by atoms with Crippen LogP contribution in [0.4, 0.5) is 0 Å². The molecule has 5 heteroatoms. The molecule has 2 heterocycles. The Labute approximate surface area is 183 Å². The first-order chi connectivity index (χ1) is 14.2. The van der Waals surface area contributed by atoms with Crippen LogP contribution in [-0.2, 0) is 0 Å². The van der Waals surface area contributed by atoms with E-state index in [0.717, 1.165) is 40.6 Å². The second kappa shape index (κ2) is 7.69. The molecule has 2 N–H and O–H groups in total. The van der Waals surface area contributed by atoms with E-state index in [1.54, 1.807) is 17.8 Å². The lowest BCUT2D eigenvalue weighted by atomic mass is 9.75. The van der Waals surface area contributed by atoms with Gasteiger partial charge in [-0.15, -0.1) is 6.58 Å². The van der Waals surface area contributed by atoms with Crippen molar-refractivity contribution in [3.05, 3.63) is 71.3 Å². The molecule has 2 aromatic rings. The Morgan fingerprint density at radius 1 is 1.27 bits per heavy atom. The SMILES string of the molecule is C=CCSC1=NC2(CC(c3ccccc3C)c3c(C)cc(O)cc3O2)CC(C)(C)N1. The summed E-state index contributed by atoms with van der Waals surface area (Å²) in [5, 5.41) is 14.7. The summed E-state index contributed by atoms with van der Waals surface area (Å²) in [5.74, 6) is 1.90. The predicted octanol–water partition coefficient (Wildman–Crippen LogP) is 5.67. The van der Waals surface area contributed by atoms with Gasteiger partial charge in [0.2, 0.25) is 5.72 Å². The highest BCUT2D eigenvalue weighted by molar-refractivity contribution is 8.13. The van der Waals surface area contributed by atoms with E-state index in [1.807, 2.05) is 19.1 Å². The van der Waals surface area contributed by atoms with Crippen molar-refractivity contribution in [3.63, 3.8) is 0 Å². The minimum Gasteiger partial charge on any atom is -0.508 e. The van der Waals surface area contributed by atoms with Gasteiger partial charge in [0.1, 0.15) is 11.5 Å². The normalized spacial score (nSPS) is 24.4. The number of aryl methyl sites for hydroxylation is 2. The van der Waals surface area contributed by atoms with Crippen molar-refractivity contribution in [2.45, 2.75) is 57.7 Å². The average Bonchev–Trinajstić information content (AvgIpc) is 2.64. The molecule has 0 saturated heterocycles. The van der Waals surface area contributed by atoms with Gasteiger partial charge in [-0.1, -0.05) is 42.1 Å². The Kier molecular flexibility index (Phi) is 5.35. The van der Waals surface area contributed by atoms with Crippen LogP contribution in [0.25, 0.3) is 0 Å². The van der Waals surface area contributed by atoms with Gasteiger partial charge < -0.3 is 15.2 Å². The van der Waals surface area contributed by atoms with Crippen LogP contribution in [0.1, 0.15) is 54.9 Å². The molecule has 0 fully saturated rings. The molecule has 0 aliphatic carbocycles. The summed E-state index contributed by atoms with van der Waals surface area (Å²) in [6.45, 7) is 12.4. The van der Waals surface area contributed by atoms with Crippen molar-refractivity contribution < 1.29 is 9.84 Å². The van der Waals surface area contributed by atoms with E-state index in [1.165, 1.54) is 11.1 Å². The topological polar surface area (TPSA) is 53.9 Å². The van der Waals surface area contributed by atoms with Crippen LogP contribution in [0.3, 0.4) is 0 Å². The molecule has 2 aliphatic heterocycles. The molecule has 30 heavy (non-hydrogen) atoms. The molecule has 4 nitrogen and oxygen atoms in total. The van der Waals surface area contributed by atoms with Crippen LogP contribution < -0.4 is 10.1 Å². The number of rotatable bonds is 3. The van der Waals surface area contributed by atoms with Gasteiger partial charge in [-0.05, 0) is 50.5 Å². The molecule has 158 valence electrons. The van der Waals surface area contributed by atoms with E-state index >= 15 is 0 Å². The minimum atomic E-state index is -0.682. The molecule has 0 aromatic heterocycles. The van der Waals surface area contributed by atoms with Crippen molar-refractivity contribution >= 4 is 16.9 Å². The second-order valence-corrected chi connectivity index (χ2v) is 10.0. The third-order valence-corrected chi connectivity index (χ3v) is 6.74. The number of thioether (sulfide) groups is 1. The molecule has 2 aliphatic rings. The monoisotopic (exact) mass is 422 g/mol. The van der Waals surface area contributed by atoms with Crippen molar-refractivity contribution in [1.29, 1.82) is 0 Å². The van der Waals surface area contributed by atoms with Crippen molar-refractivity contribution in [3.8, 4) is 11.5 Å². The number of ether oxygens (including phenoxy) is 1. The first kappa shape index (κ1) is 20.9. The van der Waals surface area contributed by atoms with Gasteiger partial charge in [0.15, 0.2) is 5.17 Å². The highest BCUT2D eigenvalue weighted by Crippen LogP contribution is 2.51. The van der Waals surface area contributed by atoms with Gasteiger partial charge >= 0.3 is 0 Å². The van der Waals surface area contributed by atoms with Crippen LogP contribution in [0.2, 0.25) is 0 Å². The lowest BCUT2D eigenvalue weighted by Crippen LogP contribution is -2.57. The summed E-state index contributed by atoms with van der Waals surface area (Å²) in [4.78, 5) is 5.09. The van der Waals surface area contributed by atoms with Crippen LogP contribution in [0.5, 0.6) is 11.5 Å². The average molecular weight is 423 g/mol. The molecule has 0 radical (unpaired) electrons. The van der Waals surface area contributed by atoms with E-state index in [4.69, 9.17) is 9.73 Å². The van der Waals surface area contributed by atoms with E-state index in [-0.39, 0.29) is 17.2 Å². The molecular weight excluding hydrogens is 392 g/mol. The molecule has 0 bridgehead atoms. The summed E-state index contributed by atoms with van der Waals surface area (Å²) in [7, 11) is 0. The van der Waals surface area contributed by atoms with E-state index in [9.17, 15) is 5.11 Å². The lowest BCUT2D eigenvalue weighted by Gasteiger charge is -2.47. The van der Waals surface area contributed by atoms with Gasteiger partial charge in [-0.25, -0.2) is 4.99 Å². The van der Waals surface area contributed by atoms with Gasteiger partial charge in [0.05, 0.1) is 0 Å².